The summed E-state index contributed by atoms with van der Waals surface area (Å²) in [6, 6.07) is 0. The fraction of sp³-hybridized carbons (Fsp3) is 0.375. The maximum atomic E-state index is 10.5. The fourth-order valence-electron chi connectivity index (χ4n) is 0.736. The van der Waals surface area contributed by atoms with Crippen LogP contribution in [-0.4, -0.2) is 21.8 Å². The Balaban J connectivity index is 4.35. The van der Waals surface area contributed by atoms with Crippen LogP contribution >= 0.6 is 0 Å². The van der Waals surface area contributed by atoms with Gasteiger partial charge in [0.15, 0.2) is 5.60 Å². The third kappa shape index (κ3) is 2.55. The molecule has 11 heavy (non-hydrogen) atoms. The molecule has 62 valence electrons. The van der Waals surface area contributed by atoms with E-state index in [1.807, 2.05) is 0 Å². The lowest BCUT2D eigenvalue weighted by Gasteiger charge is -2.19. The Labute approximate surface area is 65.7 Å². The molecule has 0 fully saturated rings. The van der Waals surface area contributed by atoms with Crippen LogP contribution in [0.2, 0.25) is 0 Å². The molecule has 0 heterocycles. The van der Waals surface area contributed by atoms with Gasteiger partial charge in [-0.1, -0.05) is 12.2 Å². The monoisotopic (exact) mass is 156 g/mol. The molecule has 0 aromatic rings. The first-order chi connectivity index (χ1) is 5.06. The van der Waals surface area contributed by atoms with Crippen LogP contribution in [0.5, 0.6) is 0 Å². The zero-order chi connectivity index (χ0) is 8.91. The number of hydrogen-bond donors (Lipinski definition) is 2. The lowest BCUT2D eigenvalue weighted by atomic mass is 9.96. The van der Waals surface area contributed by atoms with Gasteiger partial charge in [0.2, 0.25) is 0 Å². The van der Waals surface area contributed by atoms with Crippen LogP contribution < -0.4 is 0 Å². The topological polar surface area (TPSA) is 57.5 Å². The van der Waals surface area contributed by atoms with Crippen LogP contribution in [0.15, 0.2) is 25.3 Å². The highest BCUT2D eigenvalue weighted by atomic mass is 16.4. The molecule has 0 aromatic heterocycles. The minimum absolute atomic E-state index is 0.0361. The SMILES string of the molecule is C=CCC(O)(CC=C)C(=O)O. The van der Waals surface area contributed by atoms with Crippen LogP contribution in [0.25, 0.3) is 0 Å². The summed E-state index contributed by atoms with van der Waals surface area (Å²) < 4.78 is 0. The number of aliphatic hydroxyl groups is 1. The van der Waals surface area contributed by atoms with E-state index in [9.17, 15) is 9.90 Å². The van der Waals surface area contributed by atoms with Gasteiger partial charge in [-0.2, -0.15) is 0 Å². The summed E-state index contributed by atoms with van der Waals surface area (Å²) in [5, 5.41) is 17.9. The second-order valence-electron chi connectivity index (χ2n) is 2.32. The van der Waals surface area contributed by atoms with Gasteiger partial charge in [-0.25, -0.2) is 4.79 Å². The summed E-state index contributed by atoms with van der Waals surface area (Å²) in [5.74, 6) is -1.24. The number of carbonyl (C=O) groups is 1. The zero-order valence-electron chi connectivity index (χ0n) is 6.29. The van der Waals surface area contributed by atoms with Gasteiger partial charge in [-0.15, -0.1) is 13.2 Å². The van der Waals surface area contributed by atoms with Crippen molar-refractivity contribution < 1.29 is 15.0 Å². The molecule has 0 aliphatic carbocycles. The molecule has 0 aliphatic rings. The Morgan fingerprint density at radius 1 is 1.36 bits per heavy atom. The maximum absolute atomic E-state index is 10.5. The minimum atomic E-state index is -1.72. The smallest absolute Gasteiger partial charge is 0.336 e. The van der Waals surface area contributed by atoms with Crippen molar-refractivity contribution in [2.75, 3.05) is 0 Å². The zero-order valence-corrected chi connectivity index (χ0v) is 6.29. The highest BCUT2D eigenvalue weighted by Gasteiger charge is 2.32. The molecule has 0 aromatic carbocycles. The van der Waals surface area contributed by atoms with E-state index in [0.717, 1.165) is 0 Å². The van der Waals surface area contributed by atoms with E-state index in [2.05, 4.69) is 13.2 Å². The van der Waals surface area contributed by atoms with Gasteiger partial charge in [0.05, 0.1) is 0 Å². The molecule has 3 heteroatoms. The Morgan fingerprint density at radius 2 is 1.73 bits per heavy atom. The third-order valence-electron chi connectivity index (χ3n) is 1.36. The number of aliphatic carboxylic acids is 1. The molecule has 2 N–H and O–H groups in total. The molecular weight excluding hydrogens is 144 g/mol. The summed E-state index contributed by atoms with van der Waals surface area (Å²) >= 11 is 0. The fourth-order valence-corrected chi connectivity index (χ4v) is 0.736. The molecule has 0 saturated carbocycles. The van der Waals surface area contributed by atoms with Crippen LogP contribution in [0.4, 0.5) is 0 Å². The van der Waals surface area contributed by atoms with Crippen LogP contribution in [0, 0.1) is 0 Å². The maximum Gasteiger partial charge on any atom is 0.336 e. The van der Waals surface area contributed by atoms with Gasteiger partial charge >= 0.3 is 5.97 Å². The van der Waals surface area contributed by atoms with Crippen molar-refractivity contribution in [3.05, 3.63) is 25.3 Å². The average Bonchev–Trinajstić information content (AvgIpc) is 1.88. The van der Waals surface area contributed by atoms with Crippen molar-refractivity contribution >= 4 is 5.97 Å². The van der Waals surface area contributed by atoms with E-state index in [1.165, 1.54) is 12.2 Å². The highest BCUT2D eigenvalue weighted by molar-refractivity contribution is 5.77. The normalized spacial score (nSPS) is 10.6. The second kappa shape index (κ2) is 3.93. The number of hydrogen-bond acceptors (Lipinski definition) is 2. The quantitative estimate of drug-likeness (QED) is 0.583. The summed E-state index contributed by atoms with van der Waals surface area (Å²) in [4.78, 5) is 10.5. The van der Waals surface area contributed by atoms with Gasteiger partial charge in [0.1, 0.15) is 0 Å². The lowest BCUT2D eigenvalue weighted by molar-refractivity contribution is -0.157. The molecule has 0 aliphatic heterocycles. The molecule has 0 atom stereocenters. The van der Waals surface area contributed by atoms with Crippen molar-refractivity contribution in [3.63, 3.8) is 0 Å². The van der Waals surface area contributed by atoms with Crippen molar-refractivity contribution in [2.45, 2.75) is 18.4 Å². The first-order valence-corrected chi connectivity index (χ1v) is 3.24. The number of carboxylic acids is 1. The third-order valence-corrected chi connectivity index (χ3v) is 1.36. The molecular formula is C8H12O3. The van der Waals surface area contributed by atoms with Gasteiger partial charge in [0, 0.05) is 12.8 Å². The highest BCUT2D eigenvalue weighted by Crippen LogP contribution is 2.16. The predicted octanol–water partition coefficient (Wildman–Crippen LogP) is 0.954. The van der Waals surface area contributed by atoms with Crippen LogP contribution in [-0.2, 0) is 4.79 Å². The molecule has 0 radical (unpaired) electrons. The molecule has 0 unspecified atom stereocenters. The van der Waals surface area contributed by atoms with E-state index in [-0.39, 0.29) is 12.8 Å². The molecule has 0 rings (SSSR count). The van der Waals surface area contributed by atoms with Crippen LogP contribution in [0.1, 0.15) is 12.8 Å². The minimum Gasteiger partial charge on any atom is -0.479 e. The predicted molar refractivity (Wildman–Crippen MR) is 42.2 cm³/mol. The van der Waals surface area contributed by atoms with Crippen molar-refractivity contribution in [3.8, 4) is 0 Å². The number of carboxylic acid groups (broad SMARTS) is 1. The second-order valence-corrected chi connectivity index (χ2v) is 2.32. The van der Waals surface area contributed by atoms with E-state index in [0.29, 0.717) is 0 Å². The summed E-state index contributed by atoms with van der Waals surface area (Å²) in [7, 11) is 0. The van der Waals surface area contributed by atoms with E-state index in [1.54, 1.807) is 0 Å². The molecule has 0 saturated heterocycles. The average molecular weight is 156 g/mol. The largest absolute Gasteiger partial charge is 0.479 e. The van der Waals surface area contributed by atoms with Crippen molar-refractivity contribution in [1.82, 2.24) is 0 Å². The first kappa shape index (κ1) is 9.91. The van der Waals surface area contributed by atoms with Gasteiger partial charge in [0.25, 0.3) is 0 Å². The molecule has 0 bridgehead atoms. The van der Waals surface area contributed by atoms with Gasteiger partial charge in [-0.05, 0) is 0 Å². The van der Waals surface area contributed by atoms with E-state index >= 15 is 0 Å². The first-order valence-electron chi connectivity index (χ1n) is 3.24. The Hall–Kier alpha value is -1.09. The standard InChI is InChI=1S/C8H12O3/c1-3-5-8(11,6-4-2)7(9)10/h3-4,11H,1-2,5-6H2,(H,9,10). The van der Waals surface area contributed by atoms with E-state index < -0.39 is 11.6 Å². The van der Waals surface area contributed by atoms with Gasteiger partial charge < -0.3 is 10.2 Å². The Bertz CT molecular complexity index is 162. The van der Waals surface area contributed by atoms with Crippen molar-refractivity contribution in [1.29, 1.82) is 0 Å². The number of rotatable bonds is 5. The van der Waals surface area contributed by atoms with Crippen molar-refractivity contribution in [2.24, 2.45) is 0 Å². The summed E-state index contributed by atoms with van der Waals surface area (Å²) in [6.07, 6.45) is 2.82. The van der Waals surface area contributed by atoms with Crippen LogP contribution in [0.3, 0.4) is 0 Å². The molecule has 0 amide bonds. The Kier molecular flexibility index (Phi) is 3.54. The lowest BCUT2D eigenvalue weighted by Crippen LogP contribution is -2.37. The summed E-state index contributed by atoms with van der Waals surface area (Å²) in [5.41, 5.74) is -1.72. The molecule has 0 spiro atoms. The van der Waals surface area contributed by atoms with E-state index in [4.69, 9.17) is 5.11 Å². The Morgan fingerprint density at radius 3 is 1.91 bits per heavy atom. The molecule has 3 nitrogen and oxygen atoms in total. The van der Waals surface area contributed by atoms with Gasteiger partial charge in [-0.3, -0.25) is 0 Å². The summed E-state index contributed by atoms with van der Waals surface area (Å²) in [6.45, 7) is 6.71.